The van der Waals surface area contributed by atoms with Gasteiger partial charge in [0.25, 0.3) is 0 Å². The van der Waals surface area contributed by atoms with Crippen molar-refractivity contribution in [3.63, 3.8) is 0 Å². The van der Waals surface area contributed by atoms with E-state index in [9.17, 15) is 0 Å². The van der Waals surface area contributed by atoms with Crippen molar-refractivity contribution in [2.45, 2.75) is 20.0 Å². The number of aromatic nitrogens is 1. The number of anilines is 1. The summed E-state index contributed by atoms with van der Waals surface area (Å²) in [5, 5.41) is 0.775. The van der Waals surface area contributed by atoms with Crippen molar-refractivity contribution in [3.8, 4) is 11.5 Å². The van der Waals surface area contributed by atoms with Gasteiger partial charge in [0, 0.05) is 4.88 Å². The van der Waals surface area contributed by atoms with Crippen LogP contribution in [-0.4, -0.2) is 11.6 Å². The fourth-order valence-electron chi connectivity index (χ4n) is 1.96. The third-order valence-corrected chi connectivity index (χ3v) is 3.72. The Morgan fingerprint density at radius 1 is 1.50 bits per heavy atom. The molecule has 0 spiro atoms. The van der Waals surface area contributed by atoms with Gasteiger partial charge >= 0.3 is 0 Å². The van der Waals surface area contributed by atoms with E-state index in [1.165, 1.54) is 10.4 Å². The van der Waals surface area contributed by atoms with Crippen LogP contribution in [0.15, 0.2) is 10.7 Å². The van der Waals surface area contributed by atoms with E-state index >= 15 is 0 Å². The zero-order chi connectivity index (χ0) is 11.1. The number of nitrogens with zero attached hydrogens (tertiary/aromatic N) is 1. The first kappa shape index (κ1) is 9.86. The summed E-state index contributed by atoms with van der Waals surface area (Å²) in [6.45, 7) is 3.31. The zero-order valence-corrected chi connectivity index (χ0v) is 9.76. The largest absolute Gasteiger partial charge is 0.444 e. The molecular formula is C11H12N2O2S. The quantitative estimate of drug-likeness (QED) is 0.825. The molecule has 0 saturated carbocycles. The molecule has 0 amide bonds. The van der Waals surface area contributed by atoms with E-state index in [2.05, 4.69) is 4.98 Å². The first-order valence-electron chi connectivity index (χ1n) is 5.16. The molecule has 3 rings (SSSR count). The fourth-order valence-corrected chi connectivity index (χ4v) is 3.00. The van der Waals surface area contributed by atoms with E-state index in [1.54, 1.807) is 17.6 Å². The molecule has 16 heavy (non-hydrogen) atoms. The van der Waals surface area contributed by atoms with Gasteiger partial charge in [-0.25, -0.2) is 4.98 Å². The molecule has 0 aliphatic carbocycles. The predicted molar refractivity (Wildman–Crippen MR) is 62.3 cm³/mol. The normalized spacial score (nSPS) is 15.1. The minimum absolute atomic E-state index is 0.634. The number of aryl methyl sites for hydroxylation is 1. The van der Waals surface area contributed by atoms with Gasteiger partial charge in [-0.1, -0.05) is 0 Å². The monoisotopic (exact) mass is 236 g/mol. The molecule has 1 aliphatic heterocycles. The summed E-state index contributed by atoms with van der Waals surface area (Å²) in [7, 11) is 0. The van der Waals surface area contributed by atoms with Crippen LogP contribution in [0.25, 0.3) is 11.5 Å². The molecule has 84 valence electrons. The summed E-state index contributed by atoms with van der Waals surface area (Å²) in [4.78, 5) is 5.54. The second-order valence-electron chi connectivity index (χ2n) is 3.84. The molecule has 0 bridgehead atoms. The van der Waals surface area contributed by atoms with E-state index in [4.69, 9.17) is 14.9 Å². The van der Waals surface area contributed by atoms with Crippen molar-refractivity contribution in [1.29, 1.82) is 0 Å². The van der Waals surface area contributed by atoms with Crippen LogP contribution < -0.4 is 5.73 Å². The Balaban J connectivity index is 2.16. The maximum absolute atomic E-state index is 6.03. The molecule has 4 nitrogen and oxygen atoms in total. The second-order valence-corrected chi connectivity index (χ2v) is 4.98. The number of rotatable bonds is 1. The summed E-state index contributed by atoms with van der Waals surface area (Å²) in [5.41, 5.74) is 9.12. The smallest absolute Gasteiger partial charge is 0.229 e. The third kappa shape index (κ3) is 1.44. The Kier molecular flexibility index (Phi) is 2.22. The van der Waals surface area contributed by atoms with E-state index in [-0.39, 0.29) is 0 Å². The van der Waals surface area contributed by atoms with Crippen LogP contribution in [0.5, 0.6) is 0 Å². The van der Waals surface area contributed by atoms with Gasteiger partial charge in [0.15, 0.2) is 0 Å². The molecular weight excluding hydrogens is 224 g/mol. The number of ether oxygens (including phenoxy) is 1. The first-order valence-corrected chi connectivity index (χ1v) is 5.97. The molecule has 3 heterocycles. The average molecular weight is 236 g/mol. The topological polar surface area (TPSA) is 61.3 Å². The molecule has 0 unspecified atom stereocenters. The number of nitrogens with two attached hydrogens (primary N) is 1. The second kappa shape index (κ2) is 3.61. The molecule has 0 radical (unpaired) electrons. The van der Waals surface area contributed by atoms with Crippen LogP contribution in [0.3, 0.4) is 0 Å². The predicted octanol–water partition coefficient (Wildman–Crippen LogP) is 2.37. The first-order chi connectivity index (χ1) is 7.75. The molecule has 2 N–H and O–H groups in total. The number of nitrogen functional groups attached to an aromatic ring is 1. The van der Waals surface area contributed by atoms with E-state index in [0.29, 0.717) is 12.5 Å². The lowest BCUT2D eigenvalue weighted by Gasteiger charge is -2.12. The summed E-state index contributed by atoms with van der Waals surface area (Å²) < 4.78 is 10.8. The van der Waals surface area contributed by atoms with Gasteiger partial charge in [-0.05, 0) is 18.9 Å². The molecule has 2 aromatic rings. The number of oxazole rings is 1. The minimum Gasteiger partial charge on any atom is -0.444 e. The summed E-state index contributed by atoms with van der Waals surface area (Å²) in [5.74, 6) is 0.634. The van der Waals surface area contributed by atoms with E-state index < -0.39 is 0 Å². The lowest BCUT2D eigenvalue weighted by Crippen LogP contribution is -2.07. The molecule has 0 saturated heterocycles. The van der Waals surface area contributed by atoms with Gasteiger partial charge in [0.05, 0.1) is 29.5 Å². The molecule has 0 aromatic carbocycles. The van der Waals surface area contributed by atoms with Crippen molar-refractivity contribution in [1.82, 2.24) is 4.98 Å². The molecule has 0 fully saturated rings. The summed E-state index contributed by atoms with van der Waals surface area (Å²) in [6.07, 6.45) is 2.54. The highest BCUT2D eigenvalue weighted by molar-refractivity contribution is 7.16. The highest BCUT2D eigenvalue weighted by atomic mass is 32.1. The van der Waals surface area contributed by atoms with Crippen molar-refractivity contribution in [3.05, 3.63) is 22.4 Å². The average Bonchev–Trinajstić information content (AvgIpc) is 2.80. The van der Waals surface area contributed by atoms with Crippen LogP contribution in [0.1, 0.15) is 16.1 Å². The Labute approximate surface area is 97.1 Å². The van der Waals surface area contributed by atoms with Crippen molar-refractivity contribution >= 4 is 16.3 Å². The Morgan fingerprint density at radius 2 is 2.38 bits per heavy atom. The number of hydrogen-bond acceptors (Lipinski definition) is 5. The lowest BCUT2D eigenvalue weighted by atomic mass is 10.1. The van der Waals surface area contributed by atoms with Crippen LogP contribution in [-0.2, 0) is 17.8 Å². The van der Waals surface area contributed by atoms with Crippen molar-refractivity contribution in [2.24, 2.45) is 0 Å². The van der Waals surface area contributed by atoms with Crippen molar-refractivity contribution < 1.29 is 9.15 Å². The maximum atomic E-state index is 6.03. The lowest BCUT2D eigenvalue weighted by molar-refractivity contribution is 0.114. The molecule has 1 aliphatic rings. The summed E-state index contributed by atoms with van der Waals surface area (Å²) in [6, 6.07) is 0. The van der Waals surface area contributed by atoms with Gasteiger partial charge in [-0.3, -0.25) is 0 Å². The van der Waals surface area contributed by atoms with Gasteiger partial charge in [-0.2, -0.15) is 0 Å². The van der Waals surface area contributed by atoms with Gasteiger partial charge < -0.3 is 14.9 Å². The van der Waals surface area contributed by atoms with E-state index in [1.807, 2.05) is 6.92 Å². The highest BCUT2D eigenvalue weighted by Gasteiger charge is 2.23. The fraction of sp³-hybridized carbons (Fsp3) is 0.364. The van der Waals surface area contributed by atoms with Crippen LogP contribution in [0.4, 0.5) is 5.00 Å². The van der Waals surface area contributed by atoms with Gasteiger partial charge in [0.2, 0.25) is 5.89 Å². The molecule has 0 atom stereocenters. The highest BCUT2D eigenvalue weighted by Crippen LogP contribution is 2.40. The van der Waals surface area contributed by atoms with Crippen LogP contribution in [0, 0.1) is 6.92 Å². The molecule has 5 heteroatoms. The van der Waals surface area contributed by atoms with E-state index in [0.717, 1.165) is 29.3 Å². The van der Waals surface area contributed by atoms with Crippen LogP contribution in [0.2, 0.25) is 0 Å². The van der Waals surface area contributed by atoms with Crippen LogP contribution >= 0.6 is 11.3 Å². The molecule has 2 aromatic heterocycles. The van der Waals surface area contributed by atoms with Gasteiger partial charge in [-0.15, -0.1) is 11.3 Å². The summed E-state index contributed by atoms with van der Waals surface area (Å²) >= 11 is 1.57. The SMILES string of the molecule is Cc1coc(-c2c(N)sc3c2CCOC3)n1. The number of hydrogen-bond donors (Lipinski definition) is 1. The zero-order valence-electron chi connectivity index (χ0n) is 8.95. The minimum atomic E-state index is 0.634. The standard InChI is InChI=1S/C11H12N2O2S/c1-6-4-15-11(13-6)9-7-2-3-14-5-8(7)16-10(9)12/h4H,2-3,5,12H2,1H3. The van der Waals surface area contributed by atoms with Crippen molar-refractivity contribution in [2.75, 3.05) is 12.3 Å². The Hall–Kier alpha value is -1.33. The Morgan fingerprint density at radius 3 is 3.12 bits per heavy atom. The third-order valence-electron chi connectivity index (χ3n) is 2.68. The number of thiophene rings is 1. The number of fused-ring (bicyclic) bond motifs is 1. The maximum Gasteiger partial charge on any atom is 0.229 e. The van der Waals surface area contributed by atoms with Gasteiger partial charge in [0.1, 0.15) is 6.26 Å². The Bertz CT molecular complexity index is 530.